The molecule has 3 nitrogen and oxygen atoms in total. The van der Waals surface area contributed by atoms with Gasteiger partial charge < -0.3 is 15.1 Å². The predicted molar refractivity (Wildman–Crippen MR) is 68.7 cm³/mol. The van der Waals surface area contributed by atoms with Crippen LogP contribution in [-0.4, -0.2) is 62.7 Å². The summed E-state index contributed by atoms with van der Waals surface area (Å²) >= 11 is 0. The van der Waals surface area contributed by atoms with E-state index in [1.54, 1.807) is 0 Å². The lowest BCUT2D eigenvalue weighted by Crippen LogP contribution is -2.54. The van der Waals surface area contributed by atoms with Gasteiger partial charge in [0, 0.05) is 12.1 Å². The molecule has 2 fully saturated rings. The smallest absolute Gasteiger partial charge is 0.0136 e. The molecule has 3 heteroatoms. The van der Waals surface area contributed by atoms with E-state index in [0.29, 0.717) is 0 Å². The molecule has 2 rings (SSSR count). The zero-order chi connectivity index (χ0) is 11.5. The molecule has 1 aliphatic carbocycles. The summed E-state index contributed by atoms with van der Waals surface area (Å²) < 4.78 is 0. The Kier molecular flexibility index (Phi) is 4.22. The Morgan fingerprint density at radius 2 is 1.88 bits per heavy atom. The summed E-state index contributed by atoms with van der Waals surface area (Å²) in [4.78, 5) is 5.13. The minimum absolute atomic E-state index is 0.834. The highest BCUT2D eigenvalue weighted by molar-refractivity contribution is 4.92. The van der Waals surface area contributed by atoms with E-state index < -0.39 is 0 Å². The Bertz CT molecular complexity index is 209. The standard InChI is InChI=1S/C13H27N3/c1-14-10-11-4-5-13(11)16(3)12-6-8-15(2)9-7-12/h11-14H,4-10H2,1-3H3. The molecule has 0 amide bonds. The van der Waals surface area contributed by atoms with E-state index in [0.717, 1.165) is 18.0 Å². The summed E-state index contributed by atoms with van der Waals surface area (Å²) in [7, 11) is 6.66. The number of piperidine rings is 1. The lowest BCUT2D eigenvalue weighted by Gasteiger charge is -2.47. The fourth-order valence-electron chi connectivity index (χ4n) is 3.26. The Hall–Kier alpha value is -0.120. The van der Waals surface area contributed by atoms with Gasteiger partial charge in [-0.05, 0) is 72.4 Å². The van der Waals surface area contributed by atoms with Gasteiger partial charge >= 0.3 is 0 Å². The minimum atomic E-state index is 0.834. The Balaban J connectivity index is 1.80. The molecule has 1 saturated carbocycles. The highest BCUT2D eigenvalue weighted by atomic mass is 15.2. The molecule has 0 aromatic heterocycles. The Morgan fingerprint density at radius 3 is 2.38 bits per heavy atom. The Labute approximate surface area is 100 Å². The summed E-state index contributed by atoms with van der Waals surface area (Å²) in [5, 5.41) is 3.33. The molecule has 1 saturated heterocycles. The van der Waals surface area contributed by atoms with Crippen LogP contribution in [0.25, 0.3) is 0 Å². The first-order valence-electron chi connectivity index (χ1n) is 6.77. The number of rotatable bonds is 4. The highest BCUT2D eigenvalue weighted by Crippen LogP contribution is 2.33. The van der Waals surface area contributed by atoms with Crippen molar-refractivity contribution < 1.29 is 0 Å². The fourth-order valence-corrected chi connectivity index (χ4v) is 3.26. The average Bonchev–Trinajstić information content (AvgIpc) is 2.25. The molecule has 0 spiro atoms. The van der Waals surface area contributed by atoms with E-state index in [4.69, 9.17) is 0 Å². The highest BCUT2D eigenvalue weighted by Gasteiger charge is 2.36. The van der Waals surface area contributed by atoms with E-state index in [1.165, 1.54) is 45.3 Å². The molecule has 1 heterocycles. The van der Waals surface area contributed by atoms with Gasteiger partial charge in [-0.2, -0.15) is 0 Å². The molecule has 2 unspecified atom stereocenters. The number of hydrogen-bond acceptors (Lipinski definition) is 3. The van der Waals surface area contributed by atoms with Crippen LogP contribution >= 0.6 is 0 Å². The van der Waals surface area contributed by atoms with Crippen molar-refractivity contribution in [3.63, 3.8) is 0 Å². The third-order valence-corrected chi connectivity index (χ3v) is 4.63. The molecule has 0 aromatic carbocycles. The zero-order valence-electron chi connectivity index (χ0n) is 11.1. The van der Waals surface area contributed by atoms with Gasteiger partial charge in [0.25, 0.3) is 0 Å². The number of nitrogens with one attached hydrogen (secondary N) is 1. The van der Waals surface area contributed by atoms with Crippen molar-refractivity contribution in [1.82, 2.24) is 15.1 Å². The van der Waals surface area contributed by atoms with Gasteiger partial charge in [0.1, 0.15) is 0 Å². The number of likely N-dealkylation sites (tertiary alicyclic amines) is 1. The first-order chi connectivity index (χ1) is 7.72. The van der Waals surface area contributed by atoms with Crippen LogP contribution in [0.2, 0.25) is 0 Å². The molecule has 1 N–H and O–H groups in total. The van der Waals surface area contributed by atoms with E-state index in [1.807, 2.05) is 0 Å². The van der Waals surface area contributed by atoms with Crippen LogP contribution in [0, 0.1) is 5.92 Å². The first-order valence-corrected chi connectivity index (χ1v) is 6.77. The van der Waals surface area contributed by atoms with Crippen molar-refractivity contribution in [2.24, 2.45) is 5.92 Å². The van der Waals surface area contributed by atoms with Gasteiger partial charge in [0.2, 0.25) is 0 Å². The topological polar surface area (TPSA) is 18.5 Å². The maximum absolute atomic E-state index is 3.33. The zero-order valence-corrected chi connectivity index (χ0v) is 11.1. The summed E-state index contributed by atoms with van der Waals surface area (Å²) in [6.45, 7) is 3.75. The molecule has 1 aliphatic heterocycles. The van der Waals surface area contributed by atoms with Crippen LogP contribution in [0.3, 0.4) is 0 Å². The van der Waals surface area contributed by atoms with Crippen LogP contribution in [0.4, 0.5) is 0 Å². The van der Waals surface area contributed by atoms with Gasteiger partial charge in [-0.1, -0.05) is 0 Å². The second kappa shape index (κ2) is 5.48. The second-order valence-electron chi connectivity index (χ2n) is 5.66. The van der Waals surface area contributed by atoms with Crippen LogP contribution in [0.5, 0.6) is 0 Å². The third kappa shape index (κ3) is 2.58. The van der Waals surface area contributed by atoms with Crippen molar-refractivity contribution in [1.29, 1.82) is 0 Å². The van der Waals surface area contributed by atoms with E-state index >= 15 is 0 Å². The maximum atomic E-state index is 3.33. The molecule has 94 valence electrons. The molecule has 0 aromatic rings. The van der Waals surface area contributed by atoms with Crippen LogP contribution < -0.4 is 5.32 Å². The van der Waals surface area contributed by atoms with E-state index in [9.17, 15) is 0 Å². The summed E-state index contributed by atoms with van der Waals surface area (Å²) in [6.07, 6.45) is 5.54. The largest absolute Gasteiger partial charge is 0.319 e. The van der Waals surface area contributed by atoms with Crippen molar-refractivity contribution in [3.8, 4) is 0 Å². The second-order valence-corrected chi connectivity index (χ2v) is 5.66. The van der Waals surface area contributed by atoms with Crippen molar-refractivity contribution in [2.75, 3.05) is 40.8 Å². The van der Waals surface area contributed by atoms with Crippen molar-refractivity contribution >= 4 is 0 Å². The third-order valence-electron chi connectivity index (χ3n) is 4.63. The van der Waals surface area contributed by atoms with Gasteiger partial charge in [-0.25, -0.2) is 0 Å². The van der Waals surface area contributed by atoms with Crippen LogP contribution in [0.1, 0.15) is 25.7 Å². The van der Waals surface area contributed by atoms with Gasteiger partial charge in [-0.3, -0.25) is 0 Å². The minimum Gasteiger partial charge on any atom is -0.319 e. The number of nitrogens with zero attached hydrogens (tertiary/aromatic N) is 2. The monoisotopic (exact) mass is 225 g/mol. The van der Waals surface area contributed by atoms with E-state index in [2.05, 4.69) is 36.3 Å². The summed E-state index contributed by atoms with van der Waals surface area (Å²) in [5.41, 5.74) is 0. The molecule has 16 heavy (non-hydrogen) atoms. The van der Waals surface area contributed by atoms with Crippen LogP contribution in [0.15, 0.2) is 0 Å². The fraction of sp³-hybridized carbons (Fsp3) is 1.00. The van der Waals surface area contributed by atoms with Crippen molar-refractivity contribution in [2.45, 2.75) is 37.8 Å². The molecule has 0 radical (unpaired) electrons. The SMILES string of the molecule is CNCC1CCC1N(C)C1CCN(C)CC1. The summed E-state index contributed by atoms with van der Waals surface area (Å²) in [6, 6.07) is 1.68. The Morgan fingerprint density at radius 1 is 1.19 bits per heavy atom. The van der Waals surface area contributed by atoms with Gasteiger partial charge in [0.05, 0.1) is 0 Å². The molecular formula is C13H27N3. The quantitative estimate of drug-likeness (QED) is 0.770. The maximum Gasteiger partial charge on any atom is 0.0136 e. The normalized spacial score (nSPS) is 33.0. The lowest BCUT2D eigenvalue weighted by molar-refractivity contribution is 0.0272. The lowest BCUT2D eigenvalue weighted by atomic mass is 9.77. The van der Waals surface area contributed by atoms with Crippen molar-refractivity contribution in [3.05, 3.63) is 0 Å². The molecule has 2 aliphatic rings. The molecule has 2 atom stereocenters. The van der Waals surface area contributed by atoms with E-state index in [-0.39, 0.29) is 0 Å². The van der Waals surface area contributed by atoms with Gasteiger partial charge in [0.15, 0.2) is 0 Å². The predicted octanol–water partition coefficient (Wildman–Crippen LogP) is 1.01. The first kappa shape index (κ1) is 12.3. The van der Waals surface area contributed by atoms with Gasteiger partial charge in [-0.15, -0.1) is 0 Å². The summed E-state index contributed by atoms with van der Waals surface area (Å²) in [5.74, 6) is 0.898. The van der Waals surface area contributed by atoms with Crippen LogP contribution in [-0.2, 0) is 0 Å². The number of hydrogen-bond donors (Lipinski definition) is 1. The molecule has 0 bridgehead atoms. The average molecular weight is 225 g/mol. The molecular weight excluding hydrogens is 198 g/mol.